The molecule has 0 aliphatic rings. The van der Waals surface area contributed by atoms with E-state index in [4.69, 9.17) is 0 Å². The molecular weight excluding hydrogens is 353 g/mol. The van der Waals surface area contributed by atoms with Gasteiger partial charge in [-0.25, -0.2) is 14.2 Å². The summed E-state index contributed by atoms with van der Waals surface area (Å²) in [7, 11) is 0. The molecule has 0 aliphatic carbocycles. The first kappa shape index (κ1) is 17.9. The zero-order valence-electron chi connectivity index (χ0n) is 15.5. The van der Waals surface area contributed by atoms with E-state index >= 15 is 0 Å². The van der Waals surface area contributed by atoms with E-state index in [0.717, 1.165) is 16.7 Å². The van der Waals surface area contributed by atoms with Gasteiger partial charge in [-0.05, 0) is 48.7 Å². The average molecular weight is 371 g/mol. The van der Waals surface area contributed by atoms with E-state index < -0.39 is 11.8 Å². The normalized spacial score (nSPS) is 11.0. The molecule has 138 valence electrons. The lowest BCUT2D eigenvalue weighted by atomic mass is 9.96. The van der Waals surface area contributed by atoms with Gasteiger partial charge in [0.25, 0.3) is 0 Å². The quantitative estimate of drug-likeness (QED) is 0.479. The lowest BCUT2D eigenvalue weighted by Crippen LogP contribution is -2.05. The lowest BCUT2D eigenvalue weighted by molar-refractivity contribution is 0.0698. The standard InChI is InChI=1S/C24H18FNO2/c1-14-3-5-16(6-4-14)17-7-9-18(10-8-17)23-15(2)22(24(27)28)20-13-19(25)11-12-21(20)26-23/h3-13H,1-2H3,(H,27,28). The van der Waals surface area contributed by atoms with Gasteiger partial charge in [-0.3, -0.25) is 0 Å². The van der Waals surface area contributed by atoms with E-state index in [1.807, 2.05) is 31.2 Å². The van der Waals surface area contributed by atoms with Crippen LogP contribution in [0, 0.1) is 19.7 Å². The predicted molar refractivity (Wildman–Crippen MR) is 109 cm³/mol. The first-order chi connectivity index (χ1) is 13.4. The number of aromatic carboxylic acids is 1. The van der Waals surface area contributed by atoms with Crippen LogP contribution >= 0.6 is 0 Å². The molecule has 0 unspecified atom stereocenters. The summed E-state index contributed by atoms with van der Waals surface area (Å²) < 4.78 is 13.6. The molecule has 0 atom stereocenters. The number of halogens is 1. The lowest BCUT2D eigenvalue weighted by Gasteiger charge is -2.13. The summed E-state index contributed by atoms with van der Waals surface area (Å²) in [6.07, 6.45) is 0. The van der Waals surface area contributed by atoms with Crippen molar-refractivity contribution in [2.75, 3.05) is 0 Å². The van der Waals surface area contributed by atoms with Crippen LogP contribution in [0.15, 0.2) is 66.7 Å². The molecule has 0 aliphatic heterocycles. The van der Waals surface area contributed by atoms with Crippen molar-refractivity contribution in [1.29, 1.82) is 0 Å². The number of hydrogen-bond acceptors (Lipinski definition) is 2. The molecule has 4 aromatic rings. The fraction of sp³-hybridized carbons (Fsp3) is 0.0833. The highest BCUT2D eigenvalue weighted by Gasteiger charge is 2.18. The predicted octanol–water partition coefficient (Wildman–Crippen LogP) is 6.02. The molecule has 0 radical (unpaired) electrons. The van der Waals surface area contributed by atoms with Crippen LogP contribution in [0.1, 0.15) is 21.5 Å². The molecule has 0 spiro atoms. The topological polar surface area (TPSA) is 50.2 Å². The summed E-state index contributed by atoms with van der Waals surface area (Å²) >= 11 is 0. The third kappa shape index (κ3) is 3.14. The summed E-state index contributed by atoms with van der Waals surface area (Å²) in [5.74, 6) is -1.57. The zero-order valence-corrected chi connectivity index (χ0v) is 15.5. The number of fused-ring (bicyclic) bond motifs is 1. The molecule has 0 saturated heterocycles. The summed E-state index contributed by atoms with van der Waals surface area (Å²) in [5, 5.41) is 10.0. The molecule has 4 rings (SSSR count). The minimum Gasteiger partial charge on any atom is -0.478 e. The van der Waals surface area contributed by atoms with Crippen molar-refractivity contribution in [2.45, 2.75) is 13.8 Å². The van der Waals surface area contributed by atoms with Gasteiger partial charge >= 0.3 is 5.97 Å². The molecule has 3 aromatic carbocycles. The number of aromatic nitrogens is 1. The third-order valence-corrected chi connectivity index (χ3v) is 4.95. The molecule has 4 heteroatoms. The molecule has 28 heavy (non-hydrogen) atoms. The molecule has 0 amide bonds. The number of pyridine rings is 1. The summed E-state index contributed by atoms with van der Waals surface area (Å²) in [6.45, 7) is 3.76. The number of carboxylic acid groups (broad SMARTS) is 1. The van der Waals surface area contributed by atoms with Crippen molar-refractivity contribution in [3.05, 3.63) is 89.2 Å². The van der Waals surface area contributed by atoms with E-state index in [2.05, 4.69) is 29.2 Å². The van der Waals surface area contributed by atoms with Crippen LogP contribution in [-0.2, 0) is 0 Å². The Bertz CT molecular complexity index is 1200. The van der Waals surface area contributed by atoms with Crippen LogP contribution in [0.3, 0.4) is 0 Å². The number of nitrogens with zero attached hydrogens (tertiary/aromatic N) is 1. The minimum atomic E-state index is -1.09. The largest absolute Gasteiger partial charge is 0.478 e. The summed E-state index contributed by atoms with van der Waals surface area (Å²) in [5.41, 5.74) is 5.87. The van der Waals surface area contributed by atoms with Gasteiger partial charge in [0.15, 0.2) is 0 Å². The van der Waals surface area contributed by atoms with Crippen molar-refractivity contribution in [2.24, 2.45) is 0 Å². The maximum Gasteiger partial charge on any atom is 0.336 e. The van der Waals surface area contributed by atoms with Crippen molar-refractivity contribution >= 4 is 16.9 Å². The average Bonchev–Trinajstić information content (AvgIpc) is 2.68. The smallest absolute Gasteiger partial charge is 0.336 e. The monoisotopic (exact) mass is 371 g/mol. The van der Waals surface area contributed by atoms with Crippen LogP contribution in [0.25, 0.3) is 33.3 Å². The van der Waals surface area contributed by atoms with Crippen molar-refractivity contribution in [1.82, 2.24) is 4.98 Å². The van der Waals surface area contributed by atoms with Gasteiger partial charge in [-0.2, -0.15) is 0 Å². The minimum absolute atomic E-state index is 0.0853. The Labute approximate surface area is 162 Å². The van der Waals surface area contributed by atoms with Crippen LogP contribution in [0.5, 0.6) is 0 Å². The highest BCUT2D eigenvalue weighted by molar-refractivity contribution is 6.05. The van der Waals surface area contributed by atoms with Crippen LogP contribution < -0.4 is 0 Å². The second-order valence-corrected chi connectivity index (χ2v) is 6.87. The number of rotatable bonds is 3. The Kier molecular flexibility index (Phi) is 4.40. The molecule has 1 N–H and O–H groups in total. The van der Waals surface area contributed by atoms with Gasteiger partial charge in [-0.15, -0.1) is 0 Å². The van der Waals surface area contributed by atoms with Gasteiger partial charge in [0.05, 0.1) is 16.8 Å². The number of hydrogen-bond donors (Lipinski definition) is 1. The van der Waals surface area contributed by atoms with Crippen molar-refractivity contribution in [3.8, 4) is 22.4 Å². The van der Waals surface area contributed by atoms with E-state index in [-0.39, 0.29) is 5.56 Å². The number of carbonyl (C=O) groups is 1. The first-order valence-corrected chi connectivity index (χ1v) is 8.94. The molecule has 0 bridgehead atoms. The van der Waals surface area contributed by atoms with E-state index in [0.29, 0.717) is 22.2 Å². The van der Waals surface area contributed by atoms with Crippen LogP contribution in [0.4, 0.5) is 4.39 Å². The van der Waals surface area contributed by atoms with E-state index in [1.54, 1.807) is 6.92 Å². The Hall–Kier alpha value is -3.53. The fourth-order valence-corrected chi connectivity index (χ4v) is 3.45. The molecule has 3 nitrogen and oxygen atoms in total. The van der Waals surface area contributed by atoms with E-state index in [9.17, 15) is 14.3 Å². The Balaban J connectivity index is 1.85. The van der Waals surface area contributed by atoms with Crippen LogP contribution in [-0.4, -0.2) is 16.1 Å². The van der Waals surface area contributed by atoms with Gasteiger partial charge in [0, 0.05) is 10.9 Å². The third-order valence-electron chi connectivity index (χ3n) is 4.95. The van der Waals surface area contributed by atoms with Gasteiger partial charge in [0.2, 0.25) is 0 Å². The molecule has 1 aromatic heterocycles. The summed E-state index contributed by atoms with van der Waals surface area (Å²) in [6, 6.07) is 20.2. The van der Waals surface area contributed by atoms with Crippen molar-refractivity contribution < 1.29 is 14.3 Å². The van der Waals surface area contributed by atoms with Crippen molar-refractivity contribution in [3.63, 3.8) is 0 Å². The summed E-state index contributed by atoms with van der Waals surface area (Å²) in [4.78, 5) is 16.5. The zero-order chi connectivity index (χ0) is 19.8. The number of benzene rings is 3. The number of carboxylic acids is 1. The van der Waals surface area contributed by atoms with Gasteiger partial charge < -0.3 is 5.11 Å². The second kappa shape index (κ2) is 6.89. The highest BCUT2D eigenvalue weighted by Crippen LogP contribution is 2.31. The Morgan fingerprint density at radius 2 is 1.43 bits per heavy atom. The number of aryl methyl sites for hydroxylation is 1. The first-order valence-electron chi connectivity index (χ1n) is 8.94. The van der Waals surface area contributed by atoms with Gasteiger partial charge in [-0.1, -0.05) is 54.1 Å². The second-order valence-electron chi connectivity index (χ2n) is 6.87. The Morgan fingerprint density at radius 3 is 2.04 bits per heavy atom. The Morgan fingerprint density at radius 1 is 0.857 bits per heavy atom. The van der Waals surface area contributed by atoms with Crippen LogP contribution in [0.2, 0.25) is 0 Å². The maximum atomic E-state index is 13.6. The fourth-order valence-electron chi connectivity index (χ4n) is 3.45. The maximum absolute atomic E-state index is 13.6. The molecular formula is C24H18FNO2. The van der Waals surface area contributed by atoms with E-state index in [1.165, 1.54) is 23.8 Å². The highest BCUT2D eigenvalue weighted by atomic mass is 19.1. The molecule has 0 saturated carbocycles. The van der Waals surface area contributed by atoms with Gasteiger partial charge in [0.1, 0.15) is 5.82 Å². The molecule has 0 fully saturated rings. The molecule has 1 heterocycles. The SMILES string of the molecule is Cc1ccc(-c2ccc(-c3nc4ccc(F)cc4c(C(=O)O)c3C)cc2)cc1.